The predicted octanol–water partition coefficient (Wildman–Crippen LogP) is 1.84. The molecule has 138 valence electrons. The first-order valence-corrected chi connectivity index (χ1v) is 8.23. The minimum atomic E-state index is -1.22. The number of thiocarbonyl (C=S) groups is 1. The number of aryl methyl sites for hydroxylation is 1. The number of carboxylic acids is 2. The van der Waals surface area contributed by atoms with Crippen molar-refractivity contribution >= 4 is 41.3 Å². The summed E-state index contributed by atoms with van der Waals surface area (Å²) in [7, 11) is 0. The molecule has 1 aliphatic heterocycles. The number of carbonyl (C=O) groups is 3. The molecule has 8 nitrogen and oxygen atoms in total. The van der Waals surface area contributed by atoms with E-state index in [0.717, 1.165) is 11.8 Å². The Morgan fingerprint density at radius 3 is 2.11 bits per heavy atom. The molecule has 0 aliphatic carbocycles. The van der Waals surface area contributed by atoms with Gasteiger partial charge in [-0.05, 0) is 62.0 Å². The van der Waals surface area contributed by atoms with Crippen LogP contribution in [-0.2, 0) is 4.79 Å². The molecule has 2 aromatic rings. The fourth-order valence-corrected chi connectivity index (χ4v) is 3.16. The molecule has 9 heteroatoms. The zero-order chi connectivity index (χ0) is 19.9. The summed E-state index contributed by atoms with van der Waals surface area (Å²) in [4.78, 5) is 34.5. The summed E-state index contributed by atoms with van der Waals surface area (Å²) < 4.78 is 1.73. The largest absolute Gasteiger partial charge is 0.478 e. The van der Waals surface area contributed by atoms with Crippen molar-refractivity contribution < 1.29 is 24.6 Å². The Bertz CT molecular complexity index is 1020. The number of carboxylic acid groups (broad SMARTS) is 2. The first-order valence-electron chi connectivity index (χ1n) is 7.82. The quantitative estimate of drug-likeness (QED) is 0.468. The Labute approximate surface area is 159 Å². The summed E-state index contributed by atoms with van der Waals surface area (Å²) in [5.74, 6) is -2.78. The van der Waals surface area contributed by atoms with E-state index in [2.05, 4.69) is 10.6 Å². The van der Waals surface area contributed by atoms with Gasteiger partial charge in [-0.15, -0.1) is 0 Å². The van der Waals surface area contributed by atoms with E-state index in [1.54, 1.807) is 24.5 Å². The Morgan fingerprint density at radius 1 is 1.04 bits per heavy atom. The molecule has 0 atom stereocenters. The number of nitrogens with one attached hydrogen (secondary N) is 2. The Hall–Kier alpha value is -3.46. The number of hydrogen-bond acceptors (Lipinski definition) is 4. The van der Waals surface area contributed by atoms with Gasteiger partial charge in [-0.2, -0.15) is 0 Å². The molecule has 1 aliphatic rings. The van der Waals surface area contributed by atoms with Crippen LogP contribution in [-0.4, -0.2) is 37.7 Å². The molecule has 0 unspecified atom stereocenters. The van der Waals surface area contributed by atoms with E-state index in [0.29, 0.717) is 22.6 Å². The van der Waals surface area contributed by atoms with E-state index in [1.807, 2.05) is 6.07 Å². The van der Waals surface area contributed by atoms with Gasteiger partial charge in [0, 0.05) is 17.1 Å². The molecule has 27 heavy (non-hydrogen) atoms. The second-order valence-corrected chi connectivity index (χ2v) is 6.42. The van der Waals surface area contributed by atoms with Gasteiger partial charge in [0.1, 0.15) is 5.70 Å². The highest BCUT2D eigenvalue weighted by atomic mass is 32.1. The van der Waals surface area contributed by atoms with Crippen LogP contribution in [0.25, 0.3) is 11.8 Å². The average molecular weight is 385 g/mol. The van der Waals surface area contributed by atoms with Gasteiger partial charge in [-0.25, -0.2) is 9.59 Å². The molecule has 1 fully saturated rings. The van der Waals surface area contributed by atoms with Gasteiger partial charge in [0.2, 0.25) is 0 Å². The summed E-state index contributed by atoms with van der Waals surface area (Å²) in [6, 6.07) is 5.73. The van der Waals surface area contributed by atoms with Crippen molar-refractivity contribution in [1.29, 1.82) is 0 Å². The smallest absolute Gasteiger partial charge is 0.335 e. The Morgan fingerprint density at radius 2 is 1.63 bits per heavy atom. The zero-order valence-corrected chi connectivity index (χ0v) is 15.2. The van der Waals surface area contributed by atoms with Crippen molar-refractivity contribution in [2.45, 2.75) is 13.8 Å². The SMILES string of the molecule is Cc1cc(/C=C2/NC(=S)NC2=O)c(C)n1-c1cc(C(=O)O)cc(C(=O)O)c1. The predicted molar refractivity (Wildman–Crippen MR) is 101 cm³/mol. The fourth-order valence-electron chi connectivity index (χ4n) is 2.96. The summed E-state index contributed by atoms with van der Waals surface area (Å²) in [6.07, 6.45) is 1.63. The van der Waals surface area contributed by atoms with Crippen LogP contribution in [0.4, 0.5) is 0 Å². The van der Waals surface area contributed by atoms with E-state index in [1.165, 1.54) is 12.1 Å². The van der Waals surface area contributed by atoms with Gasteiger partial charge in [0.15, 0.2) is 5.11 Å². The molecule has 0 radical (unpaired) electrons. The van der Waals surface area contributed by atoms with Crippen LogP contribution >= 0.6 is 12.2 Å². The lowest BCUT2D eigenvalue weighted by Crippen LogP contribution is -2.21. The van der Waals surface area contributed by atoms with E-state index >= 15 is 0 Å². The lowest BCUT2D eigenvalue weighted by molar-refractivity contribution is -0.115. The summed E-state index contributed by atoms with van der Waals surface area (Å²) in [5, 5.41) is 24.0. The first-order chi connectivity index (χ1) is 12.7. The Kier molecular flexibility index (Phi) is 4.54. The number of rotatable bonds is 4. The normalized spacial score (nSPS) is 15.0. The molecule has 0 spiro atoms. The zero-order valence-electron chi connectivity index (χ0n) is 14.4. The molecule has 0 saturated carbocycles. The van der Waals surface area contributed by atoms with Crippen LogP contribution in [0.3, 0.4) is 0 Å². The molecule has 4 N–H and O–H groups in total. The minimum Gasteiger partial charge on any atom is -0.478 e. The molecular weight excluding hydrogens is 370 g/mol. The molecule has 1 amide bonds. The number of aromatic carboxylic acids is 2. The van der Waals surface area contributed by atoms with Crippen molar-refractivity contribution in [1.82, 2.24) is 15.2 Å². The van der Waals surface area contributed by atoms with E-state index < -0.39 is 11.9 Å². The maximum absolute atomic E-state index is 11.8. The molecule has 1 aromatic carbocycles. The number of nitrogens with zero attached hydrogens (tertiary/aromatic N) is 1. The number of aromatic nitrogens is 1. The average Bonchev–Trinajstić information content (AvgIpc) is 3.05. The van der Waals surface area contributed by atoms with Gasteiger partial charge < -0.3 is 20.1 Å². The third-order valence-corrected chi connectivity index (χ3v) is 4.36. The van der Waals surface area contributed by atoms with Crippen molar-refractivity contribution in [3.05, 3.63) is 58.0 Å². The molecule has 3 rings (SSSR count). The highest BCUT2D eigenvalue weighted by Gasteiger charge is 2.21. The van der Waals surface area contributed by atoms with Crippen LogP contribution < -0.4 is 10.6 Å². The van der Waals surface area contributed by atoms with Crippen molar-refractivity contribution in [2.75, 3.05) is 0 Å². The van der Waals surface area contributed by atoms with E-state index in [9.17, 15) is 24.6 Å². The molecular formula is C18H15N3O5S. The lowest BCUT2D eigenvalue weighted by Gasteiger charge is -2.12. The van der Waals surface area contributed by atoms with E-state index in [-0.39, 0.29) is 22.1 Å². The number of carbonyl (C=O) groups excluding carboxylic acids is 1. The molecule has 0 bridgehead atoms. The van der Waals surface area contributed by atoms with Crippen LogP contribution in [0.1, 0.15) is 37.7 Å². The third kappa shape index (κ3) is 3.44. The highest BCUT2D eigenvalue weighted by Crippen LogP contribution is 2.25. The minimum absolute atomic E-state index is 0.125. The Balaban J connectivity index is 2.14. The lowest BCUT2D eigenvalue weighted by atomic mass is 10.1. The van der Waals surface area contributed by atoms with Crippen molar-refractivity contribution in [3.63, 3.8) is 0 Å². The topological polar surface area (TPSA) is 121 Å². The molecule has 1 aromatic heterocycles. The maximum atomic E-state index is 11.8. The summed E-state index contributed by atoms with van der Waals surface area (Å²) >= 11 is 4.91. The third-order valence-electron chi connectivity index (χ3n) is 4.16. The molecule has 2 heterocycles. The monoisotopic (exact) mass is 385 g/mol. The maximum Gasteiger partial charge on any atom is 0.335 e. The number of amides is 1. The second-order valence-electron chi connectivity index (χ2n) is 6.01. The highest BCUT2D eigenvalue weighted by molar-refractivity contribution is 7.80. The van der Waals surface area contributed by atoms with Gasteiger partial charge in [-0.3, -0.25) is 10.1 Å². The first kappa shape index (κ1) is 18.3. The van der Waals surface area contributed by atoms with Gasteiger partial charge in [-0.1, -0.05) is 0 Å². The van der Waals surface area contributed by atoms with Crippen LogP contribution in [0.15, 0.2) is 30.0 Å². The van der Waals surface area contributed by atoms with Crippen LogP contribution in [0.2, 0.25) is 0 Å². The van der Waals surface area contributed by atoms with Crippen molar-refractivity contribution in [2.24, 2.45) is 0 Å². The summed E-state index contributed by atoms with van der Waals surface area (Å²) in [5.41, 5.74) is 2.63. The van der Waals surface area contributed by atoms with Gasteiger partial charge in [0.25, 0.3) is 5.91 Å². The van der Waals surface area contributed by atoms with Gasteiger partial charge in [0.05, 0.1) is 11.1 Å². The van der Waals surface area contributed by atoms with E-state index in [4.69, 9.17) is 12.2 Å². The van der Waals surface area contributed by atoms with Crippen molar-refractivity contribution in [3.8, 4) is 5.69 Å². The summed E-state index contributed by atoms with van der Waals surface area (Å²) in [6.45, 7) is 3.59. The number of hydrogen-bond donors (Lipinski definition) is 4. The number of benzene rings is 1. The van der Waals surface area contributed by atoms with Crippen LogP contribution in [0, 0.1) is 13.8 Å². The van der Waals surface area contributed by atoms with Gasteiger partial charge >= 0.3 is 11.9 Å². The second kappa shape index (κ2) is 6.69. The fraction of sp³-hybridized carbons (Fsp3) is 0.111. The standard InChI is InChI=1S/C18H15N3O5S/c1-8-3-10(7-14-15(22)20-18(27)19-14)9(2)21(8)13-5-11(16(23)24)4-12(6-13)17(25)26/h3-7H,1-2H3,(H,23,24)(H,25,26)(H2,19,20,22,27)/b14-7+. The van der Waals surface area contributed by atoms with Crippen LogP contribution in [0.5, 0.6) is 0 Å². The molecule has 1 saturated heterocycles.